The molecule has 70 valence electrons. The van der Waals surface area contributed by atoms with Crippen molar-refractivity contribution < 1.29 is 4.79 Å². The van der Waals surface area contributed by atoms with E-state index in [2.05, 4.69) is 5.32 Å². The maximum atomic E-state index is 11.3. The number of amides is 1. The van der Waals surface area contributed by atoms with Crippen molar-refractivity contribution in [1.82, 2.24) is 5.32 Å². The Kier molecular flexibility index (Phi) is 4.59. The third-order valence-corrected chi connectivity index (χ3v) is 1.85. The maximum absolute atomic E-state index is 11.3. The summed E-state index contributed by atoms with van der Waals surface area (Å²) < 4.78 is 0. The van der Waals surface area contributed by atoms with E-state index in [1.807, 2.05) is 20.8 Å². The molecule has 1 atom stereocenters. The van der Waals surface area contributed by atoms with Gasteiger partial charge in [-0.05, 0) is 27.2 Å². The Labute approximate surface area is 74.0 Å². The van der Waals surface area contributed by atoms with E-state index in [1.54, 1.807) is 6.92 Å². The monoisotopic (exact) mass is 170 g/mol. The van der Waals surface area contributed by atoms with Gasteiger partial charge in [0.2, 0.25) is 5.91 Å². The Morgan fingerprint density at radius 2 is 1.92 bits per heavy atom. The van der Waals surface area contributed by atoms with Gasteiger partial charge in [0.05, 0.1) is 6.17 Å². The number of carbonyl (C=O) groups is 1. The molecule has 3 heteroatoms. The first kappa shape index (κ1) is 11.2. The van der Waals surface area contributed by atoms with Crippen LogP contribution in [0.4, 0.5) is 0 Å². The molecule has 0 rings (SSSR count). The van der Waals surface area contributed by atoms with Crippen LogP contribution in [0.1, 0.15) is 34.1 Å². The molecule has 3 N–H and O–H groups in total. The molecule has 3 nitrogen and oxygen atoms in total. The third-order valence-electron chi connectivity index (χ3n) is 1.85. The van der Waals surface area contributed by atoms with Gasteiger partial charge in [-0.15, -0.1) is 0 Å². The average molecular weight is 170 g/mol. The summed E-state index contributed by atoms with van der Waals surface area (Å²) >= 11 is 0. The fraction of sp³-hybridized carbons (Fsp3) is 0.667. The molecular weight excluding hydrogens is 152 g/mol. The van der Waals surface area contributed by atoms with Crippen LogP contribution in [-0.2, 0) is 4.79 Å². The second kappa shape index (κ2) is 4.93. The van der Waals surface area contributed by atoms with E-state index >= 15 is 0 Å². The van der Waals surface area contributed by atoms with Crippen molar-refractivity contribution in [3.8, 4) is 0 Å². The third kappa shape index (κ3) is 3.53. The summed E-state index contributed by atoms with van der Waals surface area (Å²) in [7, 11) is 0. The quantitative estimate of drug-likeness (QED) is 0.493. The predicted octanol–water partition coefficient (Wildman–Crippen LogP) is 1.15. The first-order valence-corrected chi connectivity index (χ1v) is 4.19. The number of nitrogens with two attached hydrogens (primary N) is 1. The van der Waals surface area contributed by atoms with Crippen LogP contribution in [0.5, 0.6) is 0 Å². The normalized spacial score (nSPS) is 12.1. The summed E-state index contributed by atoms with van der Waals surface area (Å²) in [6, 6.07) is 0. The van der Waals surface area contributed by atoms with Crippen LogP contribution < -0.4 is 11.1 Å². The van der Waals surface area contributed by atoms with Crippen LogP contribution in [0.3, 0.4) is 0 Å². The fourth-order valence-electron chi connectivity index (χ4n) is 0.606. The Hall–Kier alpha value is -0.830. The number of hydrogen-bond donors (Lipinski definition) is 2. The largest absolute Gasteiger partial charge is 0.337 e. The highest BCUT2D eigenvalue weighted by atomic mass is 16.1. The number of allylic oxidation sites excluding steroid dienone is 1. The summed E-state index contributed by atoms with van der Waals surface area (Å²) in [6.07, 6.45) is 0.522. The molecule has 1 amide bonds. The highest BCUT2D eigenvalue weighted by Crippen LogP contribution is 2.01. The van der Waals surface area contributed by atoms with Crippen molar-refractivity contribution >= 4 is 5.91 Å². The van der Waals surface area contributed by atoms with E-state index in [4.69, 9.17) is 5.73 Å². The number of nitrogens with one attached hydrogen (secondary N) is 1. The van der Waals surface area contributed by atoms with Gasteiger partial charge in [0.25, 0.3) is 0 Å². The molecular formula is C9H18N2O. The highest BCUT2D eigenvalue weighted by Gasteiger charge is 2.07. The summed E-state index contributed by atoms with van der Waals surface area (Å²) in [5.41, 5.74) is 7.33. The molecule has 0 aliphatic carbocycles. The van der Waals surface area contributed by atoms with E-state index in [0.29, 0.717) is 0 Å². The first-order valence-electron chi connectivity index (χ1n) is 4.19. The molecule has 0 aromatic heterocycles. The minimum Gasteiger partial charge on any atom is -0.337 e. The lowest BCUT2D eigenvalue weighted by atomic mass is 10.1. The van der Waals surface area contributed by atoms with E-state index in [0.717, 1.165) is 17.6 Å². The average Bonchev–Trinajstić information content (AvgIpc) is 2.02. The van der Waals surface area contributed by atoms with Gasteiger partial charge in [-0.3, -0.25) is 4.79 Å². The van der Waals surface area contributed by atoms with E-state index < -0.39 is 0 Å². The van der Waals surface area contributed by atoms with E-state index in [1.165, 1.54) is 0 Å². The molecule has 0 aromatic carbocycles. The van der Waals surface area contributed by atoms with Crippen molar-refractivity contribution in [2.45, 2.75) is 40.3 Å². The molecule has 0 aliphatic rings. The Balaban J connectivity index is 4.15. The zero-order chi connectivity index (χ0) is 9.72. The van der Waals surface area contributed by atoms with Crippen LogP contribution in [0.15, 0.2) is 11.1 Å². The molecule has 0 radical (unpaired) electrons. The van der Waals surface area contributed by atoms with Crippen LogP contribution in [0.2, 0.25) is 0 Å². The van der Waals surface area contributed by atoms with Gasteiger partial charge in [-0.25, -0.2) is 0 Å². The van der Waals surface area contributed by atoms with Gasteiger partial charge in [0.15, 0.2) is 0 Å². The lowest BCUT2D eigenvalue weighted by Gasteiger charge is -2.12. The maximum Gasteiger partial charge on any atom is 0.248 e. The minimum absolute atomic E-state index is 0.0654. The van der Waals surface area contributed by atoms with Crippen molar-refractivity contribution in [2.24, 2.45) is 5.73 Å². The van der Waals surface area contributed by atoms with Crippen molar-refractivity contribution in [3.05, 3.63) is 11.1 Å². The molecule has 0 heterocycles. The lowest BCUT2D eigenvalue weighted by Crippen LogP contribution is -2.41. The summed E-state index contributed by atoms with van der Waals surface area (Å²) in [5, 5.41) is 2.69. The molecule has 12 heavy (non-hydrogen) atoms. The second-order valence-electron chi connectivity index (χ2n) is 3.11. The highest BCUT2D eigenvalue weighted by molar-refractivity contribution is 5.93. The van der Waals surface area contributed by atoms with Gasteiger partial charge < -0.3 is 11.1 Å². The molecule has 0 saturated heterocycles. The topological polar surface area (TPSA) is 55.1 Å². The fourth-order valence-corrected chi connectivity index (χ4v) is 0.606. The summed E-state index contributed by atoms with van der Waals surface area (Å²) in [4.78, 5) is 11.3. The molecule has 0 spiro atoms. The molecule has 0 aliphatic heterocycles. The van der Waals surface area contributed by atoms with Gasteiger partial charge in [0.1, 0.15) is 0 Å². The smallest absolute Gasteiger partial charge is 0.248 e. The lowest BCUT2D eigenvalue weighted by molar-refractivity contribution is -0.118. The van der Waals surface area contributed by atoms with Crippen LogP contribution in [0, 0.1) is 0 Å². The number of hydrogen-bond acceptors (Lipinski definition) is 2. The Bertz CT molecular complexity index is 193. The molecule has 0 aromatic rings. The Morgan fingerprint density at radius 1 is 1.42 bits per heavy atom. The van der Waals surface area contributed by atoms with E-state index in [9.17, 15) is 4.79 Å². The minimum atomic E-state index is -0.230. The molecule has 1 unspecified atom stereocenters. The second-order valence-corrected chi connectivity index (χ2v) is 3.11. The van der Waals surface area contributed by atoms with Gasteiger partial charge in [0, 0.05) is 5.57 Å². The first-order chi connectivity index (χ1) is 5.49. The summed E-state index contributed by atoms with van der Waals surface area (Å²) in [5.74, 6) is -0.0654. The number of rotatable bonds is 3. The van der Waals surface area contributed by atoms with Gasteiger partial charge >= 0.3 is 0 Å². The van der Waals surface area contributed by atoms with Crippen LogP contribution >= 0.6 is 0 Å². The van der Waals surface area contributed by atoms with E-state index in [-0.39, 0.29) is 12.1 Å². The van der Waals surface area contributed by atoms with Crippen LogP contribution in [0.25, 0.3) is 0 Å². The zero-order valence-electron chi connectivity index (χ0n) is 8.27. The van der Waals surface area contributed by atoms with Gasteiger partial charge in [-0.2, -0.15) is 0 Å². The predicted molar refractivity (Wildman–Crippen MR) is 50.5 cm³/mol. The van der Waals surface area contributed by atoms with Crippen LogP contribution in [-0.4, -0.2) is 12.1 Å². The van der Waals surface area contributed by atoms with Crippen molar-refractivity contribution in [2.75, 3.05) is 0 Å². The standard InChI is InChI=1S/C9H18N2O/c1-5-8(10)11-9(12)7(4)6(2)3/h8H,5,10H2,1-4H3,(H,11,12). The molecule has 0 fully saturated rings. The molecule has 0 bridgehead atoms. The Morgan fingerprint density at radius 3 is 2.25 bits per heavy atom. The zero-order valence-corrected chi connectivity index (χ0v) is 8.27. The summed E-state index contributed by atoms with van der Waals surface area (Å²) in [6.45, 7) is 7.55. The van der Waals surface area contributed by atoms with Gasteiger partial charge in [-0.1, -0.05) is 12.5 Å². The SMILES string of the molecule is CCC(N)NC(=O)C(C)=C(C)C. The molecule has 0 saturated carbocycles. The number of carbonyl (C=O) groups excluding carboxylic acids is 1. The van der Waals surface area contributed by atoms with Crippen molar-refractivity contribution in [3.63, 3.8) is 0 Å². The van der Waals surface area contributed by atoms with Crippen molar-refractivity contribution in [1.29, 1.82) is 0 Å².